The number of hydrogen-bond donors (Lipinski definition) is 1. The monoisotopic (exact) mass is 165 g/mol. The summed E-state index contributed by atoms with van der Waals surface area (Å²) in [6.07, 6.45) is 3.34. The first-order valence-corrected chi connectivity index (χ1v) is 4.57. The molecule has 0 fully saturated rings. The molecule has 1 unspecified atom stereocenters. The van der Waals surface area contributed by atoms with Gasteiger partial charge in [0, 0.05) is 24.7 Å². The lowest BCUT2D eigenvalue weighted by atomic mass is 10.2. The molecular formula is C9H15N3. The fourth-order valence-electron chi connectivity index (χ4n) is 1.75. The van der Waals surface area contributed by atoms with E-state index in [1.54, 1.807) is 0 Å². The number of hydrogen-bond acceptors (Lipinski definition) is 2. The van der Waals surface area contributed by atoms with E-state index < -0.39 is 0 Å². The first-order valence-electron chi connectivity index (χ1n) is 4.57. The third kappa shape index (κ3) is 1.37. The number of rotatable bonds is 2. The van der Waals surface area contributed by atoms with E-state index in [4.69, 9.17) is 5.73 Å². The fourth-order valence-corrected chi connectivity index (χ4v) is 1.75. The molecular weight excluding hydrogens is 150 g/mol. The molecule has 3 nitrogen and oxygen atoms in total. The van der Waals surface area contributed by atoms with Gasteiger partial charge in [0.25, 0.3) is 0 Å². The summed E-state index contributed by atoms with van der Waals surface area (Å²) in [5.74, 6) is 0. The van der Waals surface area contributed by atoms with Crippen LogP contribution in [-0.2, 0) is 19.4 Å². The van der Waals surface area contributed by atoms with Gasteiger partial charge in [0.1, 0.15) is 0 Å². The van der Waals surface area contributed by atoms with Gasteiger partial charge in [-0.2, -0.15) is 5.10 Å². The van der Waals surface area contributed by atoms with Crippen LogP contribution in [0.3, 0.4) is 0 Å². The molecule has 2 heterocycles. The van der Waals surface area contributed by atoms with Gasteiger partial charge in [-0.3, -0.25) is 4.68 Å². The van der Waals surface area contributed by atoms with Gasteiger partial charge in [0.2, 0.25) is 0 Å². The second-order valence-electron chi connectivity index (χ2n) is 3.64. The SMILES string of the molecule is CC(N)Cc1cc2n(n1)CCC2. The summed E-state index contributed by atoms with van der Waals surface area (Å²) in [5.41, 5.74) is 8.23. The topological polar surface area (TPSA) is 43.8 Å². The maximum atomic E-state index is 5.69. The Morgan fingerprint density at radius 3 is 3.25 bits per heavy atom. The Kier molecular flexibility index (Phi) is 1.89. The molecule has 0 radical (unpaired) electrons. The Labute approximate surface area is 72.6 Å². The van der Waals surface area contributed by atoms with Gasteiger partial charge in [0.05, 0.1) is 5.69 Å². The van der Waals surface area contributed by atoms with Gasteiger partial charge in [0.15, 0.2) is 0 Å². The number of nitrogens with two attached hydrogens (primary N) is 1. The minimum absolute atomic E-state index is 0.223. The third-order valence-electron chi connectivity index (χ3n) is 2.25. The quantitative estimate of drug-likeness (QED) is 0.701. The largest absolute Gasteiger partial charge is 0.328 e. The Bertz CT molecular complexity index is 254. The Balaban J connectivity index is 2.15. The van der Waals surface area contributed by atoms with E-state index in [1.165, 1.54) is 18.5 Å². The lowest BCUT2D eigenvalue weighted by Crippen LogP contribution is -2.18. The molecule has 66 valence electrons. The van der Waals surface area contributed by atoms with E-state index in [0.29, 0.717) is 0 Å². The summed E-state index contributed by atoms with van der Waals surface area (Å²) in [6, 6.07) is 2.41. The standard InChI is InChI=1S/C9H15N3/c1-7(10)5-8-6-9-3-2-4-12(9)11-8/h6-7H,2-5,10H2,1H3. The van der Waals surface area contributed by atoms with E-state index in [9.17, 15) is 0 Å². The Morgan fingerprint density at radius 1 is 1.75 bits per heavy atom. The van der Waals surface area contributed by atoms with Crippen LogP contribution in [0.15, 0.2) is 6.07 Å². The predicted molar refractivity (Wildman–Crippen MR) is 47.9 cm³/mol. The van der Waals surface area contributed by atoms with Crippen molar-refractivity contribution in [2.75, 3.05) is 0 Å². The number of aryl methyl sites for hydroxylation is 2. The van der Waals surface area contributed by atoms with Crippen LogP contribution >= 0.6 is 0 Å². The predicted octanol–water partition coefficient (Wildman–Crippen LogP) is 0.719. The zero-order chi connectivity index (χ0) is 8.55. The first kappa shape index (κ1) is 7.80. The summed E-state index contributed by atoms with van der Waals surface area (Å²) in [6.45, 7) is 3.11. The van der Waals surface area contributed by atoms with Gasteiger partial charge in [-0.05, 0) is 25.8 Å². The van der Waals surface area contributed by atoms with Gasteiger partial charge in [-0.1, -0.05) is 0 Å². The van der Waals surface area contributed by atoms with Crippen molar-refractivity contribution in [3.63, 3.8) is 0 Å². The molecule has 1 aliphatic heterocycles. The minimum atomic E-state index is 0.223. The van der Waals surface area contributed by atoms with Crippen LogP contribution in [0, 0.1) is 0 Å². The zero-order valence-electron chi connectivity index (χ0n) is 7.45. The van der Waals surface area contributed by atoms with Gasteiger partial charge in [-0.25, -0.2) is 0 Å². The highest BCUT2D eigenvalue weighted by Gasteiger charge is 2.13. The molecule has 3 heteroatoms. The summed E-state index contributed by atoms with van der Waals surface area (Å²) in [5, 5.41) is 4.47. The molecule has 0 aromatic carbocycles. The highest BCUT2D eigenvalue weighted by molar-refractivity contribution is 5.13. The molecule has 0 saturated carbocycles. The minimum Gasteiger partial charge on any atom is -0.328 e. The third-order valence-corrected chi connectivity index (χ3v) is 2.25. The number of fused-ring (bicyclic) bond motifs is 1. The van der Waals surface area contributed by atoms with Crippen LogP contribution in [0.1, 0.15) is 24.7 Å². The lowest BCUT2D eigenvalue weighted by Gasteiger charge is -1.99. The normalized spacial score (nSPS) is 17.8. The molecule has 2 rings (SSSR count). The van der Waals surface area contributed by atoms with Crippen LogP contribution in [0.25, 0.3) is 0 Å². The summed E-state index contributed by atoms with van der Waals surface area (Å²) < 4.78 is 2.11. The molecule has 1 aromatic rings. The summed E-state index contributed by atoms with van der Waals surface area (Å²) in [7, 11) is 0. The van der Waals surface area contributed by atoms with E-state index in [1.807, 2.05) is 6.92 Å². The van der Waals surface area contributed by atoms with Crippen LogP contribution in [0.5, 0.6) is 0 Å². The smallest absolute Gasteiger partial charge is 0.0642 e. The Morgan fingerprint density at radius 2 is 2.58 bits per heavy atom. The van der Waals surface area contributed by atoms with Crippen molar-refractivity contribution in [1.82, 2.24) is 9.78 Å². The average Bonchev–Trinajstić information content (AvgIpc) is 2.43. The second kappa shape index (κ2) is 2.90. The number of aromatic nitrogens is 2. The molecule has 1 aromatic heterocycles. The summed E-state index contributed by atoms with van der Waals surface area (Å²) >= 11 is 0. The van der Waals surface area contributed by atoms with Gasteiger partial charge < -0.3 is 5.73 Å². The van der Waals surface area contributed by atoms with Gasteiger partial charge in [-0.15, -0.1) is 0 Å². The van der Waals surface area contributed by atoms with Crippen molar-refractivity contribution in [2.45, 2.75) is 38.8 Å². The van der Waals surface area contributed by atoms with Crippen molar-refractivity contribution in [1.29, 1.82) is 0 Å². The van der Waals surface area contributed by atoms with Crippen LogP contribution in [0.4, 0.5) is 0 Å². The van der Waals surface area contributed by atoms with Crippen molar-refractivity contribution >= 4 is 0 Å². The second-order valence-corrected chi connectivity index (χ2v) is 3.64. The van der Waals surface area contributed by atoms with Crippen molar-refractivity contribution in [3.8, 4) is 0 Å². The van der Waals surface area contributed by atoms with Crippen LogP contribution < -0.4 is 5.73 Å². The molecule has 0 saturated heterocycles. The van der Waals surface area contributed by atoms with Crippen molar-refractivity contribution < 1.29 is 0 Å². The molecule has 0 aliphatic carbocycles. The van der Waals surface area contributed by atoms with Crippen LogP contribution in [0.2, 0.25) is 0 Å². The highest BCUT2D eigenvalue weighted by atomic mass is 15.3. The van der Waals surface area contributed by atoms with Gasteiger partial charge >= 0.3 is 0 Å². The molecule has 2 N–H and O–H groups in total. The maximum absolute atomic E-state index is 5.69. The summed E-state index contributed by atoms with van der Waals surface area (Å²) in [4.78, 5) is 0. The molecule has 0 amide bonds. The van der Waals surface area contributed by atoms with E-state index in [-0.39, 0.29) is 6.04 Å². The van der Waals surface area contributed by atoms with E-state index >= 15 is 0 Å². The van der Waals surface area contributed by atoms with Crippen molar-refractivity contribution in [3.05, 3.63) is 17.5 Å². The van der Waals surface area contributed by atoms with E-state index in [2.05, 4.69) is 15.8 Å². The zero-order valence-corrected chi connectivity index (χ0v) is 7.45. The fraction of sp³-hybridized carbons (Fsp3) is 0.667. The number of nitrogens with zero attached hydrogens (tertiary/aromatic N) is 2. The lowest BCUT2D eigenvalue weighted by molar-refractivity contribution is 0.628. The van der Waals surface area contributed by atoms with E-state index in [0.717, 1.165) is 18.7 Å². The highest BCUT2D eigenvalue weighted by Crippen LogP contribution is 2.15. The molecule has 1 atom stereocenters. The molecule has 1 aliphatic rings. The van der Waals surface area contributed by atoms with Crippen LogP contribution in [-0.4, -0.2) is 15.8 Å². The molecule has 0 spiro atoms. The maximum Gasteiger partial charge on any atom is 0.0642 e. The van der Waals surface area contributed by atoms with Crippen molar-refractivity contribution in [2.24, 2.45) is 5.73 Å². The average molecular weight is 165 g/mol. The molecule has 0 bridgehead atoms. The first-order chi connectivity index (χ1) is 5.75. The molecule has 12 heavy (non-hydrogen) atoms. The Hall–Kier alpha value is -0.830.